The van der Waals surface area contributed by atoms with Gasteiger partial charge in [-0.25, -0.2) is 21.2 Å². The lowest BCUT2D eigenvalue weighted by Crippen LogP contribution is -2.50. The standard InChI is InChI=1S/C20H19FN2O4S2/c21-19-7-3-4-8-20(19)29(26,27)23-13-11-22(12-14-23)28(24,25)18-10-9-16-5-1-2-6-17(16)15-18/h1-10,15H,11-14H2. The summed E-state index contributed by atoms with van der Waals surface area (Å²) >= 11 is 0. The van der Waals surface area contributed by atoms with Crippen LogP contribution >= 0.6 is 0 Å². The van der Waals surface area contributed by atoms with E-state index in [9.17, 15) is 21.2 Å². The van der Waals surface area contributed by atoms with Crippen molar-refractivity contribution in [3.05, 3.63) is 72.5 Å². The summed E-state index contributed by atoms with van der Waals surface area (Å²) in [6, 6.07) is 17.6. The Labute approximate surface area is 169 Å². The van der Waals surface area contributed by atoms with E-state index in [0.717, 1.165) is 21.1 Å². The molecule has 0 amide bonds. The number of sulfonamides is 2. The minimum Gasteiger partial charge on any atom is -0.207 e. The molecular weight excluding hydrogens is 415 g/mol. The molecule has 1 aliphatic heterocycles. The topological polar surface area (TPSA) is 74.8 Å². The summed E-state index contributed by atoms with van der Waals surface area (Å²) in [7, 11) is -7.78. The van der Waals surface area contributed by atoms with Crippen LogP contribution in [0.5, 0.6) is 0 Å². The van der Waals surface area contributed by atoms with Crippen molar-refractivity contribution in [3.63, 3.8) is 0 Å². The molecule has 1 saturated heterocycles. The van der Waals surface area contributed by atoms with Gasteiger partial charge >= 0.3 is 0 Å². The smallest absolute Gasteiger partial charge is 0.207 e. The molecule has 0 radical (unpaired) electrons. The molecule has 9 heteroatoms. The number of benzene rings is 3. The van der Waals surface area contributed by atoms with Crippen molar-refractivity contribution in [2.75, 3.05) is 26.2 Å². The van der Waals surface area contributed by atoms with Crippen molar-refractivity contribution in [2.24, 2.45) is 0 Å². The molecule has 1 aliphatic rings. The van der Waals surface area contributed by atoms with E-state index in [-0.39, 0.29) is 31.1 Å². The quantitative estimate of drug-likeness (QED) is 0.633. The number of halogens is 1. The molecular formula is C20H19FN2O4S2. The Balaban J connectivity index is 1.55. The predicted octanol–water partition coefficient (Wildman–Crippen LogP) is 2.67. The first-order valence-corrected chi connectivity index (χ1v) is 11.9. The van der Waals surface area contributed by atoms with Crippen LogP contribution in [0.4, 0.5) is 4.39 Å². The maximum atomic E-state index is 13.9. The molecule has 0 aliphatic carbocycles. The summed E-state index contributed by atoms with van der Waals surface area (Å²) < 4.78 is 67.8. The van der Waals surface area contributed by atoms with Gasteiger partial charge in [-0.05, 0) is 35.0 Å². The molecule has 1 fully saturated rings. The molecule has 1 heterocycles. The molecule has 3 aromatic carbocycles. The lowest BCUT2D eigenvalue weighted by atomic mass is 10.1. The number of nitrogens with zero attached hydrogens (tertiary/aromatic N) is 2. The average molecular weight is 435 g/mol. The van der Waals surface area contributed by atoms with Gasteiger partial charge in [0, 0.05) is 26.2 Å². The molecule has 0 bridgehead atoms. The minimum absolute atomic E-state index is 0.00282. The van der Waals surface area contributed by atoms with Gasteiger partial charge in [0.25, 0.3) is 0 Å². The first-order chi connectivity index (χ1) is 13.8. The van der Waals surface area contributed by atoms with E-state index < -0.39 is 30.8 Å². The summed E-state index contributed by atoms with van der Waals surface area (Å²) in [5.74, 6) is -0.821. The largest absolute Gasteiger partial charge is 0.246 e. The van der Waals surface area contributed by atoms with Crippen molar-refractivity contribution in [1.82, 2.24) is 8.61 Å². The number of piperazine rings is 1. The van der Waals surface area contributed by atoms with Crippen LogP contribution in [-0.2, 0) is 20.0 Å². The second-order valence-corrected chi connectivity index (χ2v) is 10.6. The molecule has 0 saturated carbocycles. The lowest BCUT2D eigenvalue weighted by molar-refractivity contribution is 0.272. The maximum absolute atomic E-state index is 13.9. The summed E-state index contributed by atoms with van der Waals surface area (Å²) in [5.41, 5.74) is 0. The van der Waals surface area contributed by atoms with Gasteiger partial charge in [0.2, 0.25) is 20.0 Å². The van der Waals surface area contributed by atoms with Crippen LogP contribution in [0.2, 0.25) is 0 Å². The predicted molar refractivity (Wildman–Crippen MR) is 108 cm³/mol. The summed E-state index contributed by atoms with van der Waals surface area (Å²) in [5, 5.41) is 1.75. The van der Waals surface area contributed by atoms with E-state index in [1.165, 1.54) is 22.5 Å². The van der Waals surface area contributed by atoms with E-state index in [1.807, 2.05) is 24.3 Å². The van der Waals surface area contributed by atoms with Crippen molar-refractivity contribution < 1.29 is 21.2 Å². The molecule has 4 rings (SSSR count). The Morgan fingerprint density at radius 1 is 0.655 bits per heavy atom. The molecule has 29 heavy (non-hydrogen) atoms. The molecule has 152 valence electrons. The monoisotopic (exact) mass is 434 g/mol. The number of fused-ring (bicyclic) bond motifs is 1. The zero-order chi connectivity index (χ0) is 20.6. The van der Waals surface area contributed by atoms with Crippen LogP contribution < -0.4 is 0 Å². The number of hydrogen-bond acceptors (Lipinski definition) is 4. The van der Waals surface area contributed by atoms with Crippen LogP contribution in [0.3, 0.4) is 0 Å². The van der Waals surface area contributed by atoms with E-state index in [0.29, 0.717) is 0 Å². The van der Waals surface area contributed by atoms with Gasteiger partial charge in [-0.15, -0.1) is 0 Å². The van der Waals surface area contributed by atoms with Gasteiger partial charge in [0.1, 0.15) is 10.7 Å². The van der Waals surface area contributed by atoms with Crippen molar-refractivity contribution >= 4 is 30.8 Å². The summed E-state index contributed by atoms with van der Waals surface area (Å²) in [6.07, 6.45) is 0. The fraction of sp³-hybridized carbons (Fsp3) is 0.200. The normalized spacial score (nSPS) is 16.9. The molecule has 0 unspecified atom stereocenters. The third-order valence-electron chi connectivity index (χ3n) is 5.01. The lowest BCUT2D eigenvalue weighted by Gasteiger charge is -2.33. The molecule has 6 nitrogen and oxygen atoms in total. The highest BCUT2D eigenvalue weighted by Crippen LogP contribution is 2.25. The first-order valence-electron chi connectivity index (χ1n) is 9.04. The van der Waals surface area contributed by atoms with Crippen LogP contribution in [0.15, 0.2) is 76.5 Å². The van der Waals surface area contributed by atoms with E-state index >= 15 is 0 Å². The van der Waals surface area contributed by atoms with Crippen molar-refractivity contribution in [2.45, 2.75) is 9.79 Å². The Bertz CT molecular complexity index is 1270. The second kappa shape index (κ2) is 7.49. The zero-order valence-electron chi connectivity index (χ0n) is 15.4. The average Bonchev–Trinajstić information content (AvgIpc) is 2.73. The Hall–Kier alpha value is -2.33. The Kier molecular flexibility index (Phi) is 5.16. The molecule has 0 spiro atoms. The van der Waals surface area contributed by atoms with Gasteiger partial charge in [-0.2, -0.15) is 8.61 Å². The Morgan fingerprint density at radius 3 is 1.86 bits per heavy atom. The molecule has 3 aromatic rings. The number of hydrogen-bond donors (Lipinski definition) is 0. The van der Waals surface area contributed by atoms with Crippen molar-refractivity contribution in [3.8, 4) is 0 Å². The molecule has 0 atom stereocenters. The molecule has 0 N–H and O–H groups in total. The molecule has 0 aromatic heterocycles. The maximum Gasteiger partial charge on any atom is 0.246 e. The van der Waals surface area contributed by atoms with Gasteiger partial charge < -0.3 is 0 Å². The highest BCUT2D eigenvalue weighted by atomic mass is 32.2. The first kappa shape index (κ1) is 20.0. The summed E-state index contributed by atoms with van der Waals surface area (Å²) in [4.78, 5) is -0.229. The minimum atomic E-state index is -4.02. The third-order valence-corrected chi connectivity index (χ3v) is 8.84. The van der Waals surface area contributed by atoms with Crippen LogP contribution in [0.25, 0.3) is 10.8 Å². The Morgan fingerprint density at radius 2 is 1.21 bits per heavy atom. The third kappa shape index (κ3) is 3.66. The van der Waals surface area contributed by atoms with E-state index in [1.54, 1.807) is 18.2 Å². The second-order valence-electron chi connectivity index (χ2n) is 6.75. The number of rotatable bonds is 4. The fourth-order valence-electron chi connectivity index (χ4n) is 3.42. The van der Waals surface area contributed by atoms with Crippen LogP contribution in [-0.4, -0.2) is 51.6 Å². The SMILES string of the molecule is O=S(=O)(c1ccc2ccccc2c1)N1CCN(S(=O)(=O)c2ccccc2F)CC1. The zero-order valence-corrected chi connectivity index (χ0v) is 17.0. The fourth-order valence-corrected chi connectivity index (χ4v) is 6.37. The van der Waals surface area contributed by atoms with Crippen LogP contribution in [0.1, 0.15) is 0 Å². The van der Waals surface area contributed by atoms with E-state index in [2.05, 4.69) is 0 Å². The van der Waals surface area contributed by atoms with Crippen LogP contribution in [0, 0.1) is 5.82 Å². The highest BCUT2D eigenvalue weighted by molar-refractivity contribution is 7.89. The van der Waals surface area contributed by atoms with Gasteiger partial charge in [0.15, 0.2) is 0 Å². The van der Waals surface area contributed by atoms with Gasteiger partial charge in [-0.3, -0.25) is 0 Å². The van der Waals surface area contributed by atoms with Gasteiger partial charge in [-0.1, -0.05) is 42.5 Å². The van der Waals surface area contributed by atoms with Gasteiger partial charge in [0.05, 0.1) is 4.90 Å². The highest BCUT2D eigenvalue weighted by Gasteiger charge is 2.34. The summed E-state index contributed by atoms with van der Waals surface area (Å²) in [6.45, 7) is -0.0708. The van der Waals surface area contributed by atoms with Crippen molar-refractivity contribution in [1.29, 1.82) is 0 Å². The van der Waals surface area contributed by atoms with E-state index in [4.69, 9.17) is 0 Å².